The van der Waals surface area contributed by atoms with E-state index in [1.54, 1.807) is 18.2 Å². The molecule has 2 rings (SSSR count). The molecule has 182 valence electrons. The minimum absolute atomic E-state index is 0.207. The van der Waals surface area contributed by atoms with Gasteiger partial charge in [-0.3, -0.25) is 4.79 Å². The molecule has 33 heavy (non-hydrogen) atoms. The minimum Gasteiger partial charge on any atom is -0.492 e. The van der Waals surface area contributed by atoms with E-state index in [1.165, 1.54) is 39.0 Å². The lowest BCUT2D eigenvalue weighted by atomic mass is 10.1. The van der Waals surface area contributed by atoms with Crippen molar-refractivity contribution >= 4 is 16.9 Å². The van der Waals surface area contributed by atoms with Crippen LogP contribution in [0.3, 0.4) is 0 Å². The van der Waals surface area contributed by atoms with Crippen molar-refractivity contribution in [2.75, 3.05) is 13.2 Å². The Kier molecular flexibility index (Phi) is 12.2. The molecule has 2 aromatic rings. The first-order valence-electron chi connectivity index (χ1n) is 12.3. The van der Waals surface area contributed by atoms with Gasteiger partial charge in [-0.05, 0) is 31.4 Å². The highest BCUT2D eigenvalue weighted by Crippen LogP contribution is 2.39. The van der Waals surface area contributed by atoms with E-state index in [4.69, 9.17) is 18.6 Å². The number of allylic oxidation sites excluding steroid dienone is 1. The van der Waals surface area contributed by atoms with Crippen LogP contribution in [0.1, 0.15) is 85.0 Å². The van der Waals surface area contributed by atoms with E-state index in [0.717, 1.165) is 32.1 Å². The number of fused-ring (bicyclic) bond motifs is 1. The zero-order valence-corrected chi connectivity index (χ0v) is 20.3. The summed E-state index contributed by atoms with van der Waals surface area (Å²) >= 11 is 0. The summed E-state index contributed by atoms with van der Waals surface area (Å²) in [5, 5.41) is 0.507. The van der Waals surface area contributed by atoms with Crippen LogP contribution < -0.4 is 19.8 Å². The fourth-order valence-electron chi connectivity index (χ4n) is 3.59. The van der Waals surface area contributed by atoms with Gasteiger partial charge in [-0.15, -0.1) is 0 Å². The summed E-state index contributed by atoms with van der Waals surface area (Å²) < 4.78 is 22.6. The second-order valence-corrected chi connectivity index (χ2v) is 8.11. The number of carbonyl (C=O) groups is 1. The predicted octanol–water partition coefficient (Wildman–Crippen LogP) is 6.97. The van der Waals surface area contributed by atoms with E-state index in [1.807, 2.05) is 0 Å². The van der Waals surface area contributed by atoms with Gasteiger partial charge in [-0.2, -0.15) is 0 Å². The third-order valence-corrected chi connectivity index (χ3v) is 5.24. The summed E-state index contributed by atoms with van der Waals surface area (Å²) in [7, 11) is 0. The zero-order chi connectivity index (χ0) is 23.9. The second-order valence-electron chi connectivity index (χ2n) is 8.11. The number of carbonyl (C=O) groups excluding carboxylic acids is 1. The summed E-state index contributed by atoms with van der Waals surface area (Å²) in [6, 6.07) is 5.24. The van der Waals surface area contributed by atoms with Crippen LogP contribution >= 0.6 is 0 Å². The first-order valence-corrected chi connectivity index (χ1v) is 12.3. The van der Waals surface area contributed by atoms with Gasteiger partial charge in [0.05, 0.1) is 13.2 Å². The van der Waals surface area contributed by atoms with Crippen molar-refractivity contribution in [3.63, 3.8) is 0 Å². The molecule has 0 fully saturated rings. The summed E-state index contributed by atoms with van der Waals surface area (Å²) in [4.78, 5) is 24.2. The molecule has 1 heterocycles. The minimum atomic E-state index is -0.744. The van der Waals surface area contributed by atoms with Gasteiger partial charge in [0, 0.05) is 6.92 Å². The second kappa shape index (κ2) is 15.1. The molecule has 1 aromatic heterocycles. The summed E-state index contributed by atoms with van der Waals surface area (Å²) in [6.45, 7) is 6.42. The summed E-state index contributed by atoms with van der Waals surface area (Å²) in [5.74, 6) is -0.0993. The fourth-order valence-corrected chi connectivity index (χ4v) is 3.59. The first-order chi connectivity index (χ1) is 16.1. The maximum Gasteiger partial charge on any atom is 0.383 e. The van der Waals surface area contributed by atoms with Crippen molar-refractivity contribution in [3.8, 4) is 17.2 Å². The Balaban J connectivity index is 2.16. The lowest BCUT2D eigenvalue weighted by Crippen LogP contribution is -2.14. The van der Waals surface area contributed by atoms with E-state index in [0.29, 0.717) is 29.9 Å². The molecule has 0 amide bonds. The summed E-state index contributed by atoms with van der Waals surface area (Å²) in [5.41, 5.74) is -0.407. The number of ether oxygens (including phenoxy) is 3. The predicted molar refractivity (Wildman–Crippen MR) is 131 cm³/mol. The number of unbranched alkanes of at least 4 members (excludes halogenated alkanes) is 7. The van der Waals surface area contributed by atoms with E-state index in [-0.39, 0.29) is 11.5 Å². The average molecular weight is 459 g/mol. The first kappa shape index (κ1) is 26.5. The highest BCUT2D eigenvalue weighted by Gasteiger charge is 2.22. The van der Waals surface area contributed by atoms with E-state index < -0.39 is 11.6 Å². The van der Waals surface area contributed by atoms with Crippen molar-refractivity contribution in [2.24, 2.45) is 0 Å². The third kappa shape index (κ3) is 8.95. The topological polar surface area (TPSA) is 75.0 Å². The van der Waals surface area contributed by atoms with Gasteiger partial charge in [0.2, 0.25) is 0 Å². The molecular weight excluding hydrogens is 420 g/mol. The lowest BCUT2D eigenvalue weighted by Gasteiger charge is -2.15. The smallest absolute Gasteiger partial charge is 0.383 e. The molecule has 0 aliphatic heterocycles. The van der Waals surface area contributed by atoms with Crippen molar-refractivity contribution in [1.82, 2.24) is 0 Å². The Morgan fingerprint density at radius 3 is 2.33 bits per heavy atom. The monoisotopic (exact) mass is 458 g/mol. The van der Waals surface area contributed by atoms with Crippen LogP contribution in [0, 0.1) is 0 Å². The van der Waals surface area contributed by atoms with Crippen LogP contribution in [0.5, 0.6) is 17.2 Å². The molecule has 1 aromatic carbocycles. The van der Waals surface area contributed by atoms with Crippen LogP contribution in [0.4, 0.5) is 0 Å². The van der Waals surface area contributed by atoms with Gasteiger partial charge < -0.3 is 18.6 Å². The Morgan fingerprint density at radius 2 is 1.64 bits per heavy atom. The maximum absolute atomic E-state index is 12.5. The molecule has 0 saturated heterocycles. The molecule has 0 aliphatic rings. The van der Waals surface area contributed by atoms with Crippen LogP contribution in [0.25, 0.3) is 11.0 Å². The zero-order valence-electron chi connectivity index (χ0n) is 20.3. The van der Waals surface area contributed by atoms with Crippen molar-refractivity contribution in [2.45, 2.75) is 85.0 Å². The molecule has 0 spiro atoms. The molecule has 0 unspecified atom stereocenters. The maximum atomic E-state index is 12.5. The van der Waals surface area contributed by atoms with E-state index >= 15 is 0 Å². The number of hydrogen-bond acceptors (Lipinski definition) is 6. The molecule has 0 bridgehead atoms. The Hall–Kier alpha value is -2.76. The van der Waals surface area contributed by atoms with Crippen molar-refractivity contribution in [3.05, 3.63) is 40.8 Å². The molecule has 6 heteroatoms. The van der Waals surface area contributed by atoms with Crippen LogP contribution in [-0.2, 0) is 4.79 Å². The third-order valence-electron chi connectivity index (χ3n) is 5.24. The van der Waals surface area contributed by atoms with Gasteiger partial charge >= 0.3 is 11.6 Å². The van der Waals surface area contributed by atoms with Gasteiger partial charge in [0.1, 0.15) is 16.7 Å². The fraction of sp³-hybridized carbons (Fsp3) is 0.556. The average Bonchev–Trinajstić information content (AvgIpc) is 2.79. The van der Waals surface area contributed by atoms with Crippen LogP contribution in [-0.4, -0.2) is 19.2 Å². The van der Waals surface area contributed by atoms with Crippen molar-refractivity contribution < 1.29 is 23.4 Å². The normalized spacial score (nSPS) is 11.2. The largest absolute Gasteiger partial charge is 0.492 e. The quantitative estimate of drug-likeness (QED) is 0.117. The molecule has 0 aliphatic carbocycles. The van der Waals surface area contributed by atoms with Crippen LogP contribution in [0.15, 0.2) is 39.6 Å². The molecule has 0 saturated carbocycles. The highest BCUT2D eigenvalue weighted by atomic mass is 16.6. The van der Waals surface area contributed by atoms with Gasteiger partial charge in [0.15, 0.2) is 5.75 Å². The molecule has 0 radical (unpaired) electrons. The SMILES string of the molecule is CC/C=C/CCOc1cccc2oc(=O)c(OC(C)=O)c(OCCCCCCCCCC)c12. The number of rotatable bonds is 16. The van der Waals surface area contributed by atoms with E-state index in [9.17, 15) is 9.59 Å². The van der Waals surface area contributed by atoms with Crippen molar-refractivity contribution in [1.29, 1.82) is 0 Å². The molecule has 0 atom stereocenters. The Labute approximate surface area is 196 Å². The van der Waals surface area contributed by atoms with Crippen LogP contribution in [0.2, 0.25) is 0 Å². The van der Waals surface area contributed by atoms with Gasteiger partial charge in [0.25, 0.3) is 5.75 Å². The van der Waals surface area contributed by atoms with Gasteiger partial charge in [-0.25, -0.2) is 4.79 Å². The Morgan fingerprint density at radius 1 is 0.909 bits per heavy atom. The summed E-state index contributed by atoms with van der Waals surface area (Å²) in [6.07, 6.45) is 15.3. The van der Waals surface area contributed by atoms with Gasteiger partial charge in [-0.1, -0.05) is 77.0 Å². The Bertz CT molecular complexity index is 944. The lowest BCUT2D eigenvalue weighted by molar-refractivity contribution is -0.132. The molecule has 6 nitrogen and oxygen atoms in total. The molecule has 0 N–H and O–H groups in total. The van der Waals surface area contributed by atoms with E-state index in [2.05, 4.69) is 26.0 Å². The number of esters is 1. The standard InChI is InChI=1S/C27H38O6/c1-4-6-8-10-11-12-13-15-20-31-25-24-22(30-19-14-9-7-5-2)17-16-18-23(24)33-27(29)26(25)32-21(3)28/h7,9,16-18H,4-6,8,10-15,19-20H2,1-3H3/b9-7+. The highest BCUT2D eigenvalue weighted by molar-refractivity contribution is 5.92. The number of hydrogen-bond donors (Lipinski definition) is 0. The number of benzene rings is 1. The molecular formula is C27H38O6.